The highest BCUT2D eigenvalue weighted by molar-refractivity contribution is 6.31. The van der Waals surface area contributed by atoms with Crippen molar-refractivity contribution in [2.45, 2.75) is 68.9 Å². The molecule has 0 saturated carbocycles. The number of benzene rings is 2. The zero-order chi connectivity index (χ0) is 23.3. The first kappa shape index (κ1) is 23.4. The van der Waals surface area contributed by atoms with Gasteiger partial charge in [0.25, 0.3) is 0 Å². The molecule has 32 heavy (non-hydrogen) atoms. The molecule has 2 heterocycles. The lowest BCUT2D eigenvalue weighted by atomic mass is 9.73. The molecule has 4 rings (SSSR count). The van der Waals surface area contributed by atoms with Gasteiger partial charge in [-0.2, -0.15) is 0 Å². The van der Waals surface area contributed by atoms with Crippen LogP contribution in [0.4, 0.5) is 0 Å². The maximum Gasteiger partial charge on any atom is 0.208 e. The second-order valence-electron chi connectivity index (χ2n) is 8.89. The van der Waals surface area contributed by atoms with E-state index in [2.05, 4.69) is 19.1 Å². The van der Waals surface area contributed by atoms with E-state index in [0.717, 1.165) is 17.5 Å². The molecular weight excluding hydrogens is 436 g/mol. The fourth-order valence-corrected chi connectivity index (χ4v) is 4.95. The van der Waals surface area contributed by atoms with Crippen molar-refractivity contribution in [3.05, 3.63) is 63.7 Å². The summed E-state index contributed by atoms with van der Waals surface area (Å²) in [6, 6.07) is 11.5. The molecule has 6 atom stereocenters. The van der Waals surface area contributed by atoms with Crippen LogP contribution < -0.4 is 4.74 Å². The number of aliphatic hydroxyl groups excluding tert-OH is 4. The summed E-state index contributed by atoms with van der Waals surface area (Å²) in [7, 11) is 0. The smallest absolute Gasteiger partial charge is 0.208 e. The maximum absolute atomic E-state index is 11.0. The van der Waals surface area contributed by atoms with Gasteiger partial charge < -0.3 is 35.0 Å². The standard InChI is InChI=1S/C24H29ClO7/c1-3-13-4-6-14(7-5-13)8-15-9-16-18(10-17(15)25)31-23(2,30)12-24(16)22(29)21(28)20(27)19(11-26)32-24/h4-7,9-10,19-22,26-30H,3,8,11-12H2,1-2H3/t19-,20-,21+,22-,23?,24+/m1/s1. The van der Waals surface area contributed by atoms with E-state index < -0.39 is 42.4 Å². The summed E-state index contributed by atoms with van der Waals surface area (Å²) in [6.45, 7) is 2.93. The van der Waals surface area contributed by atoms with Crippen molar-refractivity contribution in [2.24, 2.45) is 0 Å². The Kier molecular flexibility index (Phi) is 6.28. The number of halogens is 1. The monoisotopic (exact) mass is 464 g/mol. The van der Waals surface area contributed by atoms with Crippen molar-refractivity contribution in [1.82, 2.24) is 0 Å². The fourth-order valence-electron chi connectivity index (χ4n) is 4.73. The van der Waals surface area contributed by atoms with Crippen LogP contribution in [-0.2, 0) is 23.2 Å². The van der Waals surface area contributed by atoms with Crippen LogP contribution in [0.2, 0.25) is 5.02 Å². The third-order valence-corrected chi connectivity index (χ3v) is 6.78. The Hall–Kier alpha value is -1.71. The number of aryl methyl sites for hydroxylation is 1. The zero-order valence-corrected chi connectivity index (χ0v) is 18.8. The van der Waals surface area contributed by atoms with E-state index in [0.29, 0.717) is 17.0 Å². The van der Waals surface area contributed by atoms with Crippen molar-refractivity contribution in [3.8, 4) is 5.75 Å². The van der Waals surface area contributed by atoms with Gasteiger partial charge in [-0.3, -0.25) is 0 Å². The van der Waals surface area contributed by atoms with E-state index in [1.54, 1.807) is 12.1 Å². The van der Waals surface area contributed by atoms with Gasteiger partial charge in [0.15, 0.2) is 0 Å². The molecule has 1 spiro atoms. The zero-order valence-electron chi connectivity index (χ0n) is 18.0. The van der Waals surface area contributed by atoms with Crippen molar-refractivity contribution in [2.75, 3.05) is 6.61 Å². The fraction of sp³-hybridized carbons (Fsp3) is 0.500. The molecule has 8 heteroatoms. The van der Waals surface area contributed by atoms with E-state index in [-0.39, 0.29) is 12.2 Å². The van der Waals surface area contributed by atoms with Gasteiger partial charge in [0.2, 0.25) is 5.79 Å². The molecule has 1 fully saturated rings. The molecule has 2 aliphatic rings. The topological polar surface area (TPSA) is 120 Å². The van der Waals surface area contributed by atoms with Crippen LogP contribution in [0.1, 0.15) is 42.5 Å². The Balaban J connectivity index is 1.80. The van der Waals surface area contributed by atoms with Crippen molar-refractivity contribution in [3.63, 3.8) is 0 Å². The Bertz CT molecular complexity index is 975. The summed E-state index contributed by atoms with van der Waals surface area (Å²) in [6.07, 6.45) is -4.59. The molecule has 0 bridgehead atoms. The van der Waals surface area contributed by atoms with Gasteiger partial charge in [-0.25, -0.2) is 0 Å². The minimum Gasteiger partial charge on any atom is -0.462 e. The molecule has 174 valence electrons. The second-order valence-corrected chi connectivity index (χ2v) is 9.30. The lowest BCUT2D eigenvalue weighted by Gasteiger charge is -2.53. The molecule has 0 amide bonds. The molecular formula is C24H29ClO7. The molecule has 7 nitrogen and oxygen atoms in total. The summed E-state index contributed by atoms with van der Waals surface area (Å²) in [5.74, 6) is -1.53. The quantitative estimate of drug-likeness (QED) is 0.466. The molecule has 0 aliphatic carbocycles. The summed E-state index contributed by atoms with van der Waals surface area (Å²) < 4.78 is 11.7. The maximum atomic E-state index is 11.0. The molecule has 0 radical (unpaired) electrons. The van der Waals surface area contributed by atoms with Gasteiger partial charge in [-0.05, 0) is 41.7 Å². The first-order valence-corrected chi connectivity index (χ1v) is 11.1. The summed E-state index contributed by atoms with van der Waals surface area (Å²) in [5.41, 5.74) is 1.78. The number of rotatable bonds is 4. The molecule has 1 saturated heterocycles. The SMILES string of the molecule is CCc1ccc(Cc2cc3c(cc2Cl)OC(C)(O)C[C@]32O[C@H](CO)[C@@H](O)[C@H](O)[C@H]2O)cc1. The minimum atomic E-state index is -1.74. The van der Waals surface area contributed by atoms with Crippen molar-refractivity contribution in [1.29, 1.82) is 0 Å². The van der Waals surface area contributed by atoms with Crippen molar-refractivity contribution >= 4 is 11.6 Å². The van der Waals surface area contributed by atoms with Crippen LogP contribution >= 0.6 is 11.6 Å². The minimum absolute atomic E-state index is 0.204. The number of aliphatic hydroxyl groups is 5. The first-order chi connectivity index (χ1) is 15.1. The third kappa shape index (κ3) is 4.03. The highest BCUT2D eigenvalue weighted by Crippen LogP contribution is 2.52. The Labute approximate surface area is 191 Å². The van der Waals surface area contributed by atoms with Gasteiger partial charge >= 0.3 is 0 Å². The van der Waals surface area contributed by atoms with Crippen molar-refractivity contribution < 1.29 is 35.0 Å². The average Bonchev–Trinajstić information content (AvgIpc) is 2.75. The first-order valence-electron chi connectivity index (χ1n) is 10.7. The van der Waals surface area contributed by atoms with Crippen LogP contribution in [0.5, 0.6) is 5.75 Å². The van der Waals surface area contributed by atoms with Gasteiger partial charge in [0.1, 0.15) is 35.8 Å². The summed E-state index contributed by atoms with van der Waals surface area (Å²) >= 11 is 6.54. The van der Waals surface area contributed by atoms with Crippen LogP contribution in [0.3, 0.4) is 0 Å². The lowest BCUT2D eigenvalue weighted by Crippen LogP contribution is -2.66. The van der Waals surface area contributed by atoms with E-state index in [1.807, 2.05) is 12.1 Å². The Morgan fingerprint density at radius 3 is 2.34 bits per heavy atom. The van der Waals surface area contributed by atoms with E-state index >= 15 is 0 Å². The van der Waals surface area contributed by atoms with Gasteiger partial charge in [-0.15, -0.1) is 0 Å². The predicted octanol–water partition coefficient (Wildman–Crippen LogP) is 1.65. The summed E-state index contributed by atoms with van der Waals surface area (Å²) in [4.78, 5) is 0. The molecule has 5 N–H and O–H groups in total. The Morgan fingerprint density at radius 1 is 1.06 bits per heavy atom. The van der Waals surface area contributed by atoms with Crippen LogP contribution in [0.15, 0.2) is 36.4 Å². The highest BCUT2D eigenvalue weighted by atomic mass is 35.5. The normalized spacial score (nSPS) is 34.2. The third-order valence-electron chi connectivity index (χ3n) is 6.42. The Morgan fingerprint density at radius 2 is 1.72 bits per heavy atom. The van der Waals surface area contributed by atoms with Crippen LogP contribution in [0, 0.1) is 0 Å². The number of fused-ring (bicyclic) bond motifs is 2. The molecule has 2 aromatic rings. The van der Waals surface area contributed by atoms with Gasteiger partial charge in [0.05, 0.1) is 6.61 Å². The highest BCUT2D eigenvalue weighted by Gasteiger charge is 2.60. The molecule has 1 unspecified atom stereocenters. The number of hydrogen-bond donors (Lipinski definition) is 5. The molecule has 2 aromatic carbocycles. The predicted molar refractivity (Wildman–Crippen MR) is 118 cm³/mol. The van der Waals surface area contributed by atoms with E-state index in [1.165, 1.54) is 12.5 Å². The van der Waals surface area contributed by atoms with Crippen LogP contribution in [-0.4, -0.2) is 62.3 Å². The van der Waals surface area contributed by atoms with Gasteiger partial charge in [0, 0.05) is 23.9 Å². The van der Waals surface area contributed by atoms with E-state index in [9.17, 15) is 25.5 Å². The largest absolute Gasteiger partial charge is 0.462 e. The second kappa shape index (κ2) is 8.57. The molecule has 2 aliphatic heterocycles. The lowest BCUT2D eigenvalue weighted by molar-refractivity contribution is -0.311. The molecule has 0 aromatic heterocycles. The number of ether oxygens (including phenoxy) is 2. The average molecular weight is 465 g/mol. The van der Waals surface area contributed by atoms with Crippen LogP contribution in [0.25, 0.3) is 0 Å². The summed E-state index contributed by atoms with van der Waals surface area (Å²) in [5, 5.41) is 52.6. The number of hydrogen-bond acceptors (Lipinski definition) is 7. The van der Waals surface area contributed by atoms with Gasteiger partial charge in [-0.1, -0.05) is 42.8 Å². The van der Waals surface area contributed by atoms with E-state index in [4.69, 9.17) is 21.1 Å².